The predicted molar refractivity (Wildman–Crippen MR) is 77.1 cm³/mol. The SMILES string of the molecule is CC1CCCN(C(=O)CN2C(=O)COc3cccnc32)C1. The zero-order valence-electron chi connectivity index (χ0n) is 12.1. The Balaban J connectivity index is 1.74. The Kier molecular flexibility index (Phi) is 3.77. The molecule has 6 heteroatoms. The lowest BCUT2D eigenvalue weighted by Gasteiger charge is -2.34. The van der Waals surface area contributed by atoms with E-state index in [0.717, 1.165) is 25.9 Å². The second-order valence-corrected chi connectivity index (χ2v) is 5.68. The number of aromatic nitrogens is 1. The monoisotopic (exact) mass is 289 g/mol. The lowest BCUT2D eigenvalue weighted by Crippen LogP contribution is -2.48. The van der Waals surface area contributed by atoms with Gasteiger partial charge in [-0.05, 0) is 30.9 Å². The number of piperidine rings is 1. The maximum Gasteiger partial charge on any atom is 0.266 e. The van der Waals surface area contributed by atoms with Gasteiger partial charge in [-0.1, -0.05) is 6.92 Å². The van der Waals surface area contributed by atoms with Gasteiger partial charge in [0, 0.05) is 19.3 Å². The summed E-state index contributed by atoms with van der Waals surface area (Å²) in [5.41, 5.74) is 0. The van der Waals surface area contributed by atoms with Crippen LogP contribution in [0.2, 0.25) is 0 Å². The molecule has 112 valence electrons. The van der Waals surface area contributed by atoms with E-state index in [0.29, 0.717) is 17.5 Å². The smallest absolute Gasteiger partial charge is 0.266 e. The molecule has 6 nitrogen and oxygen atoms in total. The fourth-order valence-electron chi connectivity index (χ4n) is 2.85. The van der Waals surface area contributed by atoms with Crippen LogP contribution in [-0.4, -0.2) is 47.9 Å². The first kappa shape index (κ1) is 13.9. The van der Waals surface area contributed by atoms with E-state index >= 15 is 0 Å². The number of likely N-dealkylation sites (tertiary alicyclic amines) is 1. The van der Waals surface area contributed by atoms with Gasteiger partial charge in [0.1, 0.15) is 6.54 Å². The number of fused-ring (bicyclic) bond motifs is 1. The molecular weight excluding hydrogens is 270 g/mol. The zero-order valence-corrected chi connectivity index (χ0v) is 12.1. The molecule has 0 saturated carbocycles. The van der Waals surface area contributed by atoms with Crippen LogP contribution in [0.4, 0.5) is 5.82 Å². The third-order valence-electron chi connectivity index (χ3n) is 3.96. The van der Waals surface area contributed by atoms with E-state index in [1.807, 2.05) is 4.90 Å². The molecular formula is C15H19N3O3. The van der Waals surface area contributed by atoms with Crippen molar-refractivity contribution in [2.24, 2.45) is 5.92 Å². The third kappa shape index (κ3) is 2.84. The molecule has 2 aliphatic rings. The van der Waals surface area contributed by atoms with Crippen LogP contribution >= 0.6 is 0 Å². The first-order valence-corrected chi connectivity index (χ1v) is 7.31. The van der Waals surface area contributed by atoms with Crippen molar-refractivity contribution in [3.8, 4) is 5.75 Å². The Hall–Kier alpha value is -2.11. The fourth-order valence-corrected chi connectivity index (χ4v) is 2.85. The van der Waals surface area contributed by atoms with Crippen molar-refractivity contribution in [3.63, 3.8) is 0 Å². The van der Waals surface area contributed by atoms with E-state index in [2.05, 4.69) is 11.9 Å². The van der Waals surface area contributed by atoms with Crippen molar-refractivity contribution in [1.82, 2.24) is 9.88 Å². The van der Waals surface area contributed by atoms with E-state index in [4.69, 9.17) is 4.74 Å². The van der Waals surface area contributed by atoms with Gasteiger partial charge in [-0.25, -0.2) is 4.98 Å². The van der Waals surface area contributed by atoms with Crippen LogP contribution in [0.1, 0.15) is 19.8 Å². The maximum absolute atomic E-state index is 12.4. The van der Waals surface area contributed by atoms with Crippen molar-refractivity contribution in [2.45, 2.75) is 19.8 Å². The average Bonchev–Trinajstić information content (AvgIpc) is 2.50. The summed E-state index contributed by atoms with van der Waals surface area (Å²) in [6.07, 6.45) is 3.78. The summed E-state index contributed by atoms with van der Waals surface area (Å²) in [6, 6.07) is 3.51. The van der Waals surface area contributed by atoms with Crippen molar-refractivity contribution in [1.29, 1.82) is 0 Å². The Morgan fingerprint density at radius 3 is 3.19 bits per heavy atom. The first-order valence-electron chi connectivity index (χ1n) is 7.31. The number of amides is 2. The van der Waals surface area contributed by atoms with Crippen molar-refractivity contribution in [3.05, 3.63) is 18.3 Å². The molecule has 1 fully saturated rings. The summed E-state index contributed by atoms with van der Waals surface area (Å²) in [4.78, 5) is 31.9. The molecule has 2 amide bonds. The predicted octanol–water partition coefficient (Wildman–Crippen LogP) is 1.07. The van der Waals surface area contributed by atoms with Crippen molar-refractivity contribution < 1.29 is 14.3 Å². The average molecular weight is 289 g/mol. The van der Waals surface area contributed by atoms with Gasteiger partial charge in [0.05, 0.1) is 0 Å². The molecule has 1 aromatic rings. The number of nitrogens with zero attached hydrogens (tertiary/aromatic N) is 3. The molecule has 0 radical (unpaired) electrons. The standard InChI is InChI=1S/C15H19N3O3/c1-11-4-3-7-17(8-11)13(19)9-18-14(20)10-21-12-5-2-6-16-15(12)18/h2,5-6,11H,3-4,7-10H2,1H3. The summed E-state index contributed by atoms with van der Waals surface area (Å²) >= 11 is 0. The molecule has 0 spiro atoms. The van der Waals surface area contributed by atoms with E-state index in [1.54, 1.807) is 18.3 Å². The maximum atomic E-state index is 12.4. The number of hydrogen-bond donors (Lipinski definition) is 0. The summed E-state index contributed by atoms with van der Waals surface area (Å²) in [5, 5.41) is 0. The van der Waals surface area contributed by atoms with Gasteiger partial charge in [-0.3, -0.25) is 14.5 Å². The topological polar surface area (TPSA) is 62.7 Å². The van der Waals surface area contributed by atoms with Crippen molar-refractivity contribution >= 4 is 17.6 Å². The van der Waals surface area contributed by atoms with Crippen LogP contribution in [-0.2, 0) is 9.59 Å². The minimum Gasteiger partial charge on any atom is -0.480 e. The molecule has 3 heterocycles. The lowest BCUT2D eigenvalue weighted by molar-refractivity contribution is -0.133. The van der Waals surface area contributed by atoms with Crippen LogP contribution in [0.15, 0.2) is 18.3 Å². The minimum atomic E-state index is -0.223. The van der Waals surface area contributed by atoms with Gasteiger partial charge in [-0.2, -0.15) is 0 Å². The second kappa shape index (κ2) is 5.71. The Bertz CT molecular complexity index is 561. The second-order valence-electron chi connectivity index (χ2n) is 5.68. The molecule has 0 aliphatic carbocycles. The van der Waals surface area contributed by atoms with E-state index in [1.165, 1.54) is 4.90 Å². The molecule has 1 unspecified atom stereocenters. The lowest BCUT2D eigenvalue weighted by atomic mass is 10.0. The minimum absolute atomic E-state index is 0.0200. The van der Waals surface area contributed by atoms with E-state index < -0.39 is 0 Å². The molecule has 0 bridgehead atoms. The molecule has 1 atom stereocenters. The molecule has 1 saturated heterocycles. The summed E-state index contributed by atoms with van der Waals surface area (Å²) < 4.78 is 5.33. The molecule has 0 N–H and O–H groups in total. The largest absolute Gasteiger partial charge is 0.480 e. The Morgan fingerprint density at radius 2 is 2.38 bits per heavy atom. The normalized spacial score (nSPS) is 21.8. The van der Waals surface area contributed by atoms with Gasteiger partial charge in [-0.15, -0.1) is 0 Å². The van der Waals surface area contributed by atoms with Gasteiger partial charge in [0.25, 0.3) is 5.91 Å². The number of carbonyl (C=O) groups excluding carboxylic acids is 2. The number of hydrogen-bond acceptors (Lipinski definition) is 4. The van der Waals surface area contributed by atoms with Crippen LogP contribution < -0.4 is 9.64 Å². The number of pyridine rings is 1. The first-order chi connectivity index (χ1) is 10.1. The highest BCUT2D eigenvalue weighted by molar-refractivity contribution is 6.01. The van der Waals surface area contributed by atoms with Crippen LogP contribution in [0.3, 0.4) is 0 Å². The fraction of sp³-hybridized carbons (Fsp3) is 0.533. The van der Waals surface area contributed by atoms with Gasteiger partial charge in [0.2, 0.25) is 5.91 Å². The van der Waals surface area contributed by atoms with Gasteiger partial charge in [0.15, 0.2) is 18.2 Å². The highest BCUT2D eigenvalue weighted by Gasteiger charge is 2.30. The molecule has 1 aromatic heterocycles. The molecule has 21 heavy (non-hydrogen) atoms. The zero-order chi connectivity index (χ0) is 14.8. The number of ether oxygens (including phenoxy) is 1. The highest BCUT2D eigenvalue weighted by atomic mass is 16.5. The number of anilines is 1. The van der Waals surface area contributed by atoms with Crippen LogP contribution in [0.25, 0.3) is 0 Å². The van der Waals surface area contributed by atoms with Crippen LogP contribution in [0, 0.1) is 5.92 Å². The third-order valence-corrected chi connectivity index (χ3v) is 3.96. The van der Waals surface area contributed by atoms with Crippen molar-refractivity contribution in [2.75, 3.05) is 31.1 Å². The molecule has 2 aliphatic heterocycles. The van der Waals surface area contributed by atoms with E-state index in [9.17, 15) is 9.59 Å². The Morgan fingerprint density at radius 1 is 1.52 bits per heavy atom. The van der Waals surface area contributed by atoms with Gasteiger partial charge >= 0.3 is 0 Å². The molecule has 3 rings (SSSR count). The van der Waals surface area contributed by atoms with Crippen LogP contribution in [0.5, 0.6) is 5.75 Å². The molecule has 0 aromatic carbocycles. The summed E-state index contributed by atoms with van der Waals surface area (Å²) in [7, 11) is 0. The van der Waals surface area contributed by atoms with E-state index in [-0.39, 0.29) is 25.0 Å². The number of carbonyl (C=O) groups is 2. The summed E-state index contributed by atoms with van der Waals surface area (Å²) in [5.74, 6) is 1.27. The Labute approximate surface area is 123 Å². The quantitative estimate of drug-likeness (QED) is 0.817. The number of rotatable bonds is 2. The summed E-state index contributed by atoms with van der Waals surface area (Å²) in [6.45, 7) is 3.70. The van der Waals surface area contributed by atoms with Gasteiger partial charge < -0.3 is 9.64 Å². The highest BCUT2D eigenvalue weighted by Crippen LogP contribution is 2.29.